The van der Waals surface area contributed by atoms with Crippen molar-refractivity contribution < 1.29 is 4.79 Å². The van der Waals surface area contributed by atoms with E-state index in [1.54, 1.807) is 19.2 Å². The van der Waals surface area contributed by atoms with Gasteiger partial charge in [0, 0.05) is 30.2 Å². The fourth-order valence-electron chi connectivity index (χ4n) is 2.94. The Kier molecular flexibility index (Phi) is 5.63. The molecule has 1 aliphatic rings. The maximum absolute atomic E-state index is 11.7. The van der Waals surface area contributed by atoms with Crippen LogP contribution in [0, 0.1) is 0 Å². The van der Waals surface area contributed by atoms with Crippen molar-refractivity contribution in [3.63, 3.8) is 0 Å². The monoisotopic (exact) mass is 375 g/mol. The third-order valence-electron chi connectivity index (χ3n) is 4.22. The Morgan fingerprint density at radius 2 is 1.72 bits per heavy atom. The molecule has 0 fully saturated rings. The Labute approximate surface area is 156 Å². The van der Waals surface area contributed by atoms with Gasteiger partial charge in [0.05, 0.1) is 16.1 Å². The number of nitrogens with one attached hydrogen (secondary N) is 3. The molecule has 0 saturated carbocycles. The summed E-state index contributed by atoms with van der Waals surface area (Å²) in [6.45, 7) is 0.724. The summed E-state index contributed by atoms with van der Waals surface area (Å²) in [5, 5.41) is 8.38. The van der Waals surface area contributed by atoms with Crippen LogP contribution in [0.15, 0.2) is 48.5 Å². The summed E-state index contributed by atoms with van der Waals surface area (Å²) in [7, 11) is 1.68. The van der Waals surface area contributed by atoms with E-state index in [0.717, 1.165) is 18.5 Å². The summed E-state index contributed by atoms with van der Waals surface area (Å²) >= 11 is 11.2. The molecule has 0 spiro atoms. The number of halogens is 2. The molecule has 0 aliphatic carbocycles. The van der Waals surface area contributed by atoms with E-state index in [0.29, 0.717) is 10.0 Å². The van der Waals surface area contributed by atoms with Crippen LogP contribution in [0.3, 0.4) is 0 Å². The summed E-state index contributed by atoms with van der Waals surface area (Å²) in [4.78, 5) is 15.1. The standard InChI is InChI=1S/C13H15N3O.C6H4Cl2/c1-14-13(17)11-6-9-8-4-2-3-5-10(8)16-12(9)7-15-11;7-5-3-1-2-4-6(5)8/h2-5,11,15-16H,6-7H2,1H3,(H,14,17);1-4H. The average molecular weight is 376 g/mol. The lowest BCUT2D eigenvalue weighted by atomic mass is 9.98. The second kappa shape index (κ2) is 7.91. The van der Waals surface area contributed by atoms with Gasteiger partial charge in [-0.1, -0.05) is 53.5 Å². The maximum atomic E-state index is 11.7. The van der Waals surface area contributed by atoms with Crippen molar-refractivity contribution >= 4 is 40.0 Å². The van der Waals surface area contributed by atoms with Crippen LogP contribution in [0.2, 0.25) is 10.0 Å². The van der Waals surface area contributed by atoms with Crippen molar-refractivity contribution in [1.29, 1.82) is 0 Å². The van der Waals surface area contributed by atoms with Crippen LogP contribution in [0.25, 0.3) is 10.9 Å². The van der Waals surface area contributed by atoms with Crippen molar-refractivity contribution in [3.8, 4) is 0 Å². The lowest BCUT2D eigenvalue weighted by Crippen LogP contribution is -2.46. The number of aromatic nitrogens is 1. The zero-order valence-corrected chi connectivity index (χ0v) is 15.3. The van der Waals surface area contributed by atoms with Crippen molar-refractivity contribution in [2.45, 2.75) is 19.0 Å². The average Bonchev–Trinajstić information content (AvgIpc) is 3.02. The summed E-state index contributed by atoms with van der Waals surface area (Å²) in [5.41, 5.74) is 3.62. The highest BCUT2D eigenvalue weighted by Gasteiger charge is 2.25. The predicted octanol–water partition coefficient (Wildman–Crippen LogP) is 3.92. The zero-order chi connectivity index (χ0) is 17.8. The van der Waals surface area contributed by atoms with Crippen LogP contribution in [-0.4, -0.2) is 24.0 Å². The van der Waals surface area contributed by atoms with E-state index in [2.05, 4.69) is 27.8 Å². The third-order valence-corrected chi connectivity index (χ3v) is 4.98. The highest BCUT2D eigenvalue weighted by Crippen LogP contribution is 2.26. The Morgan fingerprint density at radius 3 is 2.36 bits per heavy atom. The molecule has 4 rings (SSSR count). The minimum Gasteiger partial charge on any atom is -0.358 e. The normalized spacial score (nSPS) is 15.9. The first-order valence-corrected chi connectivity index (χ1v) is 8.79. The highest BCUT2D eigenvalue weighted by atomic mass is 35.5. The number of para-hydroxylation sites is 1. The van der Waals surface area contributed by atoms with Gasteiger partial charge >= 0.3 is 0 Å². The summed E-state index contributed by atoms with van der Waals surface area (Å²) in [6.07, 6.45) is 0.749. The number of hydrogen-bond donors (Lipinski definition) is 3. The second-order valence-electron chi connectivity index (χ2n) is 5.79. The van der Waals surface area contributed by atoms with Crippen LogP contribution in [0.1, 0.15) is 11.3 Å². The highest BCUT2D eigenvalue weighted by molar-refractivity contribution is 6.41. The molecule has 1 aliphatic heterocycles. The number of fused-ring (bicyclic) bond motifs is 3. The molecule has 3 N–H and O–H groups in total. The van der Waals surface area contributed by atoms with E-state index in [4.69, 9.17) is 23.2 Å². The number of carbonyl (C=O) groups is 1. The smallest absolute Gasteiger partial charge is 0.237 e. The van der Waals surface area contributed by atoms with E-state index >= 15 is 0 Å². The van der Waals surface area contributed by atoms with Crippen molar-refractivity contribution in [2.75, 3.05) is 7.05 Å². The van der Waals surface area contributed by atoms with Crippen molar-refractivity contribution in [1.82, 2.24) is 15.6 Å². The first-order chi connectivity index (χ1) is 12.1. The van der Waals surface area contributed by atoms with Crippen LogP contribution in [0.5, 0.6) is 0 Å². The fourth-order valence-corrected chi connectivity index (χ4v) is 3.21. The third kappa shape index (κ3) is 3.98. The fraction of sp³-hybridized carbons (Fsp3) is 0.211. The largest absolute Gasteiger partial charge is 0.358 e. The van der Waals surface area contributed by atoms with Gasteiger partial charge in [0.2, 0.25) is 5.91 Å². The Morgan fingerprint density at radius 1 is 1.08 bits per heavy atom. The SMILES string of the molecule is CNC(=O)C1Cc2c([nH]c3ccccc23)CN1.Clc1ccccc1Cl. The van der Waals surface area contributed by atoms with Gasteiger partial charge in [-0.2, -0.15) is 0 Å². The lowest BCUT2D eigenvalue weighted by Gasteiger charge is -2.22. The summed E-state index contributed by atoms with van der Waals surface area (Å²) < 4.78 is 0. The van der Waals surface area contributed by atoms with Crippen LogP contribution < -0.4 is 10.6 Å². The summed E-state index contributed by atoms with van der Waals surface area (Å²) in [6, 6.07) is 15.3. The number of hydrogen-bond acceptors (Lipinski definition) is 2. The molecule has 4 nitrogen and oxygen atoms in total. The molecule has 0 radical (unpaired) electrons. The number of H-pyrrole nitrogens is 1. The van der Waals surface area contributed by atoms with Gasteiger partial charge in [0.25, 0.3) is 0 Å². The molecule has 25 heavy (non-hydrogen) atoms. The predicted molar refractivity (Wildman–Crippen MR) is 103 cm³/mol. The Hall–Kier alpha value is -2.01. The van der Waals surface area contributed by atoms with E-state index in [1.807, 2.05) is 24.3 Å². The second-order valence-corrected chi connectivity index (χ2v) is 6.61. The molecule has 1 aromatic heterocycles. The van der Waals surface area contributed by atoms with Crippen LogP contribution in [-0.2, 0) is 17.8 Å². The molecule has 1 unspecified atom stereocenters. The van der Waals surface area contributed by atoms with Gasteiger partial charge in [-0.05, 0) is 30.2 Å². The topological polar surface area (TPSA) is 56.9 Å². The molecule has 1 atom stereocenters. The van der Waals surface area contributed by atoms with E-state index in [1.165, 1.54) is 16.6 Å². The number of likely N-dealkylation sites (N-methyl/N-ethyl adjacent to an activating group) is 1. The maximum Gasteiger partial charge on any atom is 0.237 e. The molecular formula is C19H19Cl2N3O. The van der Waals surface area contributed by atoms with Gasteiger partial charge < -0.3 is 10.3 Å². The number of rotatable bonds is 1. The van der Waals surface area contributed by atoms with Crippen LogP contribution in [0.4, 0.5) is 0 Å². The van der Waals surface area contributed by atoms with Gasteiger partial charge in [0.15, 0.2) is 0 Å². The Balaban J connectivity index is 0.000000192. The lowest BCUT2D eigenvalue weighted by molar-refractivity contribution is -0.122. The van der Waals surface area contributed by atoms with Gasteiger partial charge in [-0.3, -0.25) is 10.1 Å². The van der Waals surface area contributed by atoms with E-state index in [-0.39, 0.29) is 11.9 Å². The molecule has 0 saturated heterocycles. The van der Waals surface area contributed by atoms with Gasteiger partial charge in [0.1, 0.15) is 0 Å². The quantitative estimate of drug-likeness (QED) is 0.603. The first-order valence-electron chi connectivity index (χ1n) is 8.03. The molecule has 2 heterocycles. The Bertz CT molecular complexity index is 870. The number of carbonyl (C=O) groups excluding carboxylic acids is 1. The molecule has 1 amide bonds. The number of aromatic amines is 1. The van der Waals surface area contributed by atoms with Gasteiger partial charge in [-0.15, -0.1) is 0 Å². The van der Waals surface area contributed by atoms with E-state index in [9.17, 15) is 4.79 Å². The summed E-state index contributed by atoms with van der Waals surface area (Å²) in [5.74, 6) is 0.0564. The van der Waals surface area contributed by atoms with Crippen molar-refractivity contribution in [3.05, 3.63) is 69.8 Å². The van der Waals surface area contributed by atoms with Crippen LogP contribution >= 0.6 is 23.2 Å². The van der Waals surface area contributed by atoms with E-state index < -0.39 is 0 Å². The molecule has 6 heteroatoms. The number of amides is 1. The van der Waals surface area contributed by atoms with Crippen molar-refractivity contribution in [2.24, 2.45) is 0 Å². The molecule has 130 valence electrons. The molecule has 3 aromatic rings. The minimum atomic E-state index is -0.119. The molecular weight excluding hydrogens is 357 g/mol. The first kappa shape index (κ1) is 17.8. The molecule has 2 aromatic carbocycles. The van der Waals surface area contributed by atoms with Gasteiger partial charge in [-0.25, -0.2) is 0 Å². The minimum absolute atomic E-state index is 0.0564. The number of benzene rings is 2. The zero-order valence-electron chi connectivity index (χ0n) is 13.8. The molecule has 0 bridgehead atoms.